The lowest BCUT2D eigenvalue weighted by molar-refractivity contribution is 0.221. The Morgan fingerprint density at radius 3 is 2.34 bits per heavy atom. The molecule has 1 aliphatic rings. The molecule has 2 aromatic carbocycles. The normalized spacial score (nSPS) is 17.4. The number of sulfonamides is 1. The highest BCUT2D eigenvalue weighted by Crippen LogP contribution is 2.34. The molecule has 2 aromatic heterocycles. The van der Waals surface area contributed by atoms with Crippen LogP contribution in [0, 0.1) is 17.5 Å². The predicted octanol–water partition coefficient (Wildman–Crippen LogP) is 6.20. The molecule has 5 rings (SSSR count). The van der Waals surface area contributed by atoms with Gasteiger partial charge in [0.25, 0.3) is 15.6 Å². The topological polar surface area (TPSA) is 109 Å². The van der Waals surface area contributed by atoms with Crippen molar-refractivity contribution >= 4 is 44.3 Å². The molecule has 234 valence electrons. The molecule has 14 heteroatoms. The molecule has 1 saturated carbocycles. The Hall–Kier alpha value is -3.68. The average Bonchev–Trinajstić information content (AvgIpc) is 2.97. The van der Waals surface area contributed by atoms with Crippen molar-refractivity contribution in [3.05, 3.63) is 75.4 Å². The minimum atomic E-state index is -4.58. The second-order valence-electron chi connectivity index (χ2n) is 11.4. The molecule has 0 atom stereocenters. The summed E-state index contributed by atoms with van der Waals surface area (Å²) < 4.78 is 74.7. The zero-order chi connectivity index (χ0) is 31.9. The van der Waals surface area contributed by atoms with E-state index in [1.165, 1.54) is 35.0 Å². The molecule has 0 bridgehead atoms. The summed E-state index contributed by atoms with van der Waals surface area (Å²) in [6, 6.07) is 7.34. The third-order valence-corrected chi connectivity index (χ3v) is 9.71. The van der Waals surface area contributed by atoms with Crippen LogP contribution in [-0.2, 0) is 10.0 Å². The fourth-order valence-electron chi connectivity index (χ4n) is 5.52. The van der Waals surface area contributed by atoms with E-state index in [4.69, 9.17) is 11.6 Å². The van der Waals surface area contributed by atoms with Gasteiger partial charge in [-0.15, -0.1) is 0 Å². The maximum atomic E-state index is 15.5. The van der Waals surface area contributed by atoms with Gasteiger partial charge in [0.1, 0.15) is 16.2 Å². The zero-order valence-electron chi connectivity index (χ0n) is 24.5. The quantitative estimate of drug-likeness (QED) is 0.219. The first-order valence-electron chi connectivity index (χ1n) is 14.1. The van der Waals surface area contributed by atoms with Crippen LogP contribution in [0.15, 0.2) is 52.3 Å². The Morgan fingerprint density at radius 1 is 1.02 bits per heavy atom. The van der Waals surface area contributed by atoms with Gasteiger partial charge in [0.15, 0.2) is 17.5 Å². The van der Waals surface area contributed by atoms with E-state index in [9.17, 15) is 13.2 Å². The van der Waals surface area contributed by atoms with Gasteiger partial charge in [0.2, 0.25) is 5.95 Å². The van der Waals surface area contributed by atoms with Gasteiger partial charge in [-0.05, 0) is 77.9 Å². The number of aromatic nitrogens is 3. The van der Waals surface area contributed by atoms with Crippen molar-refractivity contribution in [2.45, 2.75) is 62.6 Å². The van der Waals surface area contributed by atoms with Crippen LogP contribution in [0.25, 0.3) is 22.2 Å². The molecule has 0 aliphatic heterocycles. The molecule has 1 aliphatic carbocycles. The van der Waals surface area contributed by atoms with Gasteiger partial charge in [-0.1, -0.05) is 23.7 Å². The highest BCUT2D eigenvalue weighted by molar-refractivity contribution is 7.92. The van der Waals surface area contributed by atoms with E-state index >= 15 is 13.2 Å². The molecule has 0 unspecified atom stereocenters. The van der Waals surface area contributed by atoms with Crippen molar-refractivity contribution < 1.29 is 21.6 Å². The summed E-state index contributed by atoms with van der Waals surface area (Å²) in [5, 5.41) is 3.50. The number of anilines is 2. The molecular formula is C30H32ClF3N6O3S. The smallest absolute Gasteiger partial charge is 0.263 e. The van der Waals surface area contributed by atoms with E-state index in [0.29, 0.717) is 23.4 Å². The number of nitrogens with one attached hydrogen (secondary N) is 2. The van der Waals surface area contributed by atoms with Gasteiger partial charge in [-0.2, -0.15) is 4.98 Å². The number of hydrogen-bond acceptors (Lipinski definition) is 7. The minimum absolute atomic E-state index is 0.163. The van der Waals surface area contributed by atoms with Gasteiger partial charge < -0.3 is 10.2 Å². The van der Waals surface area contributed by atoms with E-state index in [2.05, 4.69) is 34.3 Å². The van der Waals surface area contributed by atoms with Crippen molar-refractivity contribution in [2.24, 2.45) is 0 Å². The fraction of sp³-hybridized carbons (Fsp3) is 0.367. The third-order valence-electron chi connectivity index (χ3n) is 7.86. The van der Waals surface area contributed by atoms with Crippen molar-refractivity contribution in [2.75, 3.05) is 24.1 Å². The molecule has 4 aromatic rings. The van der Waals surface area contributed by atoms with Gasteiger partial charge in [-0.25, -0.2) is 26.6 Å². The molecular weight excluding hydrogens is 617 g/mol. The highest BCUT2D eigenvalue weighted by atomic mass is 35.5. The Labute approximate surface area is 258 Å². The average molecular weight is 649 g/mol. The minimum Gasteiger partial charge on any atom is -0.351 e. The Bertz CT molecular complexity index is 1890. The predicted molar refractivity (Wildman–Crippen MR) is 165 cm³/mol. The van der Waals surface area contributed by atoms with Crippen LogP contribution in [0.5, 0.6) is 0 Å². The maximum absolute atomic E-state index is 15.5. The SMILES string of the molecule is CC(C)n1c(=O)c(-c2cc(F)c(NS(=O)(=O)c3ccccc3Cl)c(F)c2F)cc2cnc(N[C@H]3CC[C@H](N(C)C)CC3)nc21. The summed E-state index contributed by atoms with van der Waals surface area (Å²) in [5.41, 5.74) is -2.71. The Balaban J connectivity index is 1.52. The first-order chi connectivity index (χ1) is 20.8. The van der Waals surface area contributed by atoms with Gasteiger partial charge in [0, 0.05) is 35.3 Å². The van der Waals surface area contributed by atoms with Crippen LogP contribution in [0.2, 0.25) is 5.02 Å². The number of benzene rings is 2. The lowest BCUT2D eigenvalue weighted by Gasteiger charge is -2.33. The number of hydrogen-bond donors (Lipinski definition) is 2. The monoisotopic (exact) mass is 648 g/mol. The van der Waals surface area contributed by atoms with Crippen molar-refractivity contribution in [1.82, 2.24) is 19.4 Å². The third kappa shape index (κ3) is 6.13. The van der Waals surface area contributed by atoms with Crippen LogP contribution < -0.4 is 15.6 Å². The molecule has 0 spiro atoms. The van der Waals surface area contributed by atoms with E-state index in [0.717, 1.165) is 31.7 Å². The lowest BCUT2D eigenvalue weighted by Crippen LogP contribution is -2.36. The summed E-state index contributed by atoms with van der Waals surface area (Å²) in [7, 11) is -0.446. The number of halogens is 4. The van der Waals surface area contributed by atoms with Crippen LogP contribution in [0.1, 0.15) is 45.6 Å². The summed E-state index contributed by atoms with van der Waals surface area (Å²) in [5.74, 6) is -4.51. The summed E-state index contributed by atoms with van der Waals surface area (Å²) in [6.45, 7) is 3.46. The molecule has 0 amide bonds. The first kappa shape index (κ1) is 31.7. The Morgan fingerprint density at radius 2 is 1.70 bits per heavy atom. The molecule has 2 heterocycles. The summed E-state index contributed by atoms with van der Waals surface area (Å²) in [4.78, 5) is 24.4. The van der Waals surface area contributed by atoms with Gasteiger partial charge >= 0.3 is 0 Å². The van der Waals surface area contributed by atoms with Crippen LogP contribution >= 0.6 is 11.6 Å². The molecule has 9 nitrogen and oxygen atoms in total. The maximum Gasteiger partial charge on any atom is 0.263 e. The van der Waals surface area contributed by atoms with Crippen LogP contribution in [-0.4, -0.2) is 54.0 Å². The molecule has 0 radical (unpaired) electrons. The van der Waals surface area contributed by atoms with Crippen LogP contribution in [0.4, 0.5) is 24.8 Å². The second kappa shape index (κ2) is 12.4. The Kier molecular flexibility index (Phi) is 8.92. The van der Waals surface area contributed by atoms with Gasteiger partial charge in [0.05, 0.1) is 10.6 Å². The summed E-state index contributed by atoms with van der Waals surface area (Å²) >= 11 is 5.94. The van der Waals surface area contributed by atoms with E-state index in [-0.39, 0.29) is 22.3 Å². The largest absolute Gasteiger partial charge is 0.351 e. The molecule has 44 heavy (non-hydrogen) atoms. The number of nitrogens with zero attached hydrogens (tertiary/aromatic N) is 4. The zero-order valence-corrected chi connectivity index (χ0v) is 26.1. The number of pyridine rings is 1. The number of rotatable bonds is 8. The number of fused-ring (bicyclic) bond motifs is 1. The van der Waals surface area contributed by atoms with E-state index in [1.54, 1.807) is 18.6 Å². The van der Waals surface area contributed by atoms with Crippen LogP contribution in [0.3, 0.4) is 0 Å². The molecule has 2 N–H and O–H groups in total. The summed E-state index contributed by atoms with van der Waals surface area (Å²) in [6.07, 6.45) is 5.38. The lowest BCUT2D eigenvalue weighted by atomic mass is 9.91. The van der Waals surface area contributed by atoms with Crippen molar-refractivity contribution in [3.8, 4) is 11.1 Å². The first-order valence-corrected chi connectivity index (χ1v) is 15.9. The fourth-order valence-corrected chi connectivity index (χ4v) is 7.11. The van der Waals surface area contributed by atoms with Gasteiger partial charge in [-0.3, -0.25) is 14.1 Å². The highest BCUT2D eigenvalue weighted by Gasteiger charge is 2.28. The van der Waals surface area contributed by atoms with Crippen molar-refractivity contribution in [3.63, 3.8) is 0 Å². The second-order valence-corrected chi connectivity index (χ2v) is 13.4. The van der Waals surface area contributed by atoms with E-state index < -0.39 is 55.2 Å². The van der Waals surface area contributed by atoms with E-state index in [1.807, 2.05) is 0 Å². The molecule has 0 saturated heterocycles. The molecule has 1 fully saturated rings. The van der Waals surface area contributed by atoms with Crippen molar-refractivity contribution in [1.29, 1.82) is 0 Å². The standard InChI is InChI=1S/C30H32ClF3N6O3S/c1-16(2)40-28-17(15-35-30(37-28)36-18-9-11-19(12-10-18)39(3)4)13-21(29(40)41)20-14-23(32)27(26(34)25(20)33)38-44(42,43)24-8-6-5-7-22(24)31/h5-8,13-16,18-19,38H,9-12H2,1-4H3,(H,35,36,37)/t18-,19-.